The first-order valence-corrected chi connectivity index (χ1v) is 6.39. The summed E-state index contributed by atoms with van der Waals surface area (Å²) in [6, 6.07) is 6.08. The van der Waals surface area contributed by atoms with E-state index in [-0.39, 0.29) is 5.60 Å². The van der Waals surface area contributed by atoms with Gasteiger partial charge in [-0.05, 0) is 32.1 Å². The van der Waals surface area contributed by atoms with E-state index in [0.717, 1.165) is 17.9 Å². The van der Waals surface area contributed by atoms with Crippen molar-refractivity contribution in [2.75, 3.05) is 11.9 Å². The van der Waals surface area contributed by atoms with Crippen molar-refractivity contribution >= 4 is 23.0 Å². The van der Waals surface area contributed by atoms with Gasteiger partial charge in [0, 0.05) is 18.5 Å². The maximum atomic E-state index is 5.96. The second-order valence-corrected chi connectivity index (χ2v) is 5.36. The molecule has 0 amide bonds. The number of fused-ring (bicyclic) bond motifs is 1. The summed E-state index contributed by atoms with van der Waals surface area (Å²) in [5, 5.41) is 6.78. The number of thiocarbonyl (C=S) groups is 1. The van der Waals surface area contributed by atoms with E-state index < -0.39 is 0 Å². The van der Waals surface area contributed by atoms with Crippen LogP contribution in [-0.4, -0.2) is 17.3 Å². The molecule has 1 aliphatic rings. The fourth-order valence-electron chi connectivity index (χ4n) is 2.05. The van der Waals surface area contributed by atoms with E-state index >= 15 is 0 Å². The summed E-state index contributed by atoms with van der Waals surface area (Å²) in [7, 11) is 0. The van der Waals surface area contributed by atoms with Crippen molar-refractivity contribution in [3.05, 3.63) is 36.4 Å². The lowest BCUT2D eigenvalue weighted by molar-refractivity contribution is 0.139. The van der Waals surface area contributed by atoms with Crippen molar-refractivity contribution in [2.24, 2.45) is 0 Å². The van der Waals surface area contributed by atoms with Gasteiger partial charge in [0.2, 0.25) is 0 Å². The molecule has 0 unspecified atom stereocenters. The standard InChI is InChI=1S/C14H18N2OS/c1-4-8-15-13(18)16-11-7-5-6-10-9-14(2,3)17-12(10)11/h4-7H,1,8-9H2,2-3H3,(H2,15,16,18). The average molecular weight is 262 g/mol. The lowest BCUT2D eigenvalue weighted by Crippen LogP contribution is -2.29. The minimum Gasteiger partial charge on any atom is -0.485 e. The molecule has 1 aromatic rings. The molecule has 0 aliphatic carbocycles. The molecule has 1 heterocycles. The maximum absolute atomic E-state index is 5.96. The predicted molar refractivity (Wildman–Crippen MR) is 79.3 cm³/mol. The van der Waals surface area contributed by atoms with Gasteiger partial charge in [-0.25, -0.2) is 0 Å². The molecule has 1 aromatic carbocycles. The van der Waals surface area contributed by atoms with Gasteiger partial charge in [-0.2, -0.15) is 0 Å². The van der Waals surface area contributed by atoms with Gasteiger partial charge in [-0.3, -0.25) is 0 Å². The maximum Gasteiger partial charge on any atom is 0.171 e. The molecule has 0 atom stereocenters. The highest BCUT2D eigenvalue weighted by Crippen LogP contribution is 2.40. The molecule has 0 fully saturated rings. The highest BCUT2D eigenvalue weighted by molar-refractivity contribution is 7.80. The van der Waals surface area contributed by atoms with Gasteiger partial charge in [-0.15, -0.1) is 6.58 Å². The van der Waals surface area contributed by atoms with Crippen LogP contribution in [0.1, 0.15) is 19.4 Å². The Labute approximate surface area is 113 Å². The quantitative estimate of drug-likeness (QED) is 0.648. The molecule has 4 heteroatoms. The molecule has 0 saturated heterocycles. The topological polar surface area (TPSA) is 33.3 Å². The Morgan fingerprint density at radius 3 is 3.06 bits per heavy atom. The molecule has 0 aromatic heterocycles. The summed E-state index contributed by atoms with van der Waals surface area (Å²) in [6.45, 7) is 8.46. The van der Waals surface area contributed by atoms with Crippen molar-refractivity contribution in [3.8, 4) is 5.75 Å². The van der Waals surface area contributed by atoms with E-state index in [1.807, 2.05) is 12.1 Å². The molecular weight excluding hydrogens is 244 g/mol. The summed E-state index contributed by atoms with van der Waals surface area (Å²) >= 11 is 5.20. The third kappa shape index (κ3) is 2.82. The van der Waals surface area contributed by atoms with Crippen LogP contribution in [0, 0.1) is 0 Å². The van der Waals surface area contributed by atoms with Crippen LogP contribution in [0.5, 0.6) is 5.75 Å². The third-order valence-electron chi connectivity index (χ3n) is 2.75. The Bertz CT molecular complexity index is 483. The lowest BCUT2D eigenvalue weighted by atomic mass is 10.0. The smallest absolute Gasteiger partial charge is 0.171 e. The molecule has 0 saturated carbocycles. The van der Waals surface area contributed by atoms with E-state index in [1.54, 1.807) is 6.08 Å². The van der Waals surface area contributed by atoms with Gasteiger partial charge in [0.1, 0.15) is 11.4 Å². The molecule has 0 radical (unpaired) electrons. The number of hydrogen-bond donors (Lipinski definition) is 2. The van der Waals surface area contributed by atoms with Crippen molar-refractivity contribution in [1.82, 2.24) is 5.32 Å². The molecule has 1 aliphatic heterocycles. The molecule has 96 valence electrons. The van der Waals surface area contributed by atoms with Gasteiger partial charge in [0.25, 0.3) is 0 Å². The summed E-state index contributed by atoms with van der Waals surface area (Å²) < 4.78 is 5.96. The van der Waals surface area contributed by atoms with Gasteiger partial charge in [0.15, 0.2) is 5.11 Å². The first-order chi connectivity index (χ1) is 8.52. The normalized spacial score (nSPS) is 15.4. The zero-order valence-corrected chi connectivity index (χ0v) is 11.6. The first kappa shape index (κ1) is 12.9. The van der Waals surface area contributed by atoms with Crippen molar-refractivity contribution in [2.45, 2.75) is 25.9 Å². The summed E-state index contributed by atoms with van der Waals surface area (Å²) in [6.07, 6.45) is 2.69. The Morgan fingerprint density at radius 1 is 1.56 bits per heavy atom. The predicted octanol–water partition coefficient (Wildman–Crippen LogP) is 2.87. The third-order valence-corrected chi connectivity index (χ3v) is 2.99. The van der Waals surface area contributed by atoms with Crippen LogP contribution in [0.3, 0.4) is 0 Å². The van der Waals surface area contributed by atoms with Gasteiger partial charge in [-0.1, -0.05) is 18.2 Å². The number of hydrogen-bond acceptors (Lipinski definition) is 2. The Kier molecular flexibility index (Phi) is 3.57. The average Bonchev–Trinajstić information content (AvgIpc) is 2.62. The van der Waals surface area contributed by atoms with Gasteiger partial charge in [0.05, 0.1) is 5.69 Å². The van der Waals surface area contributed by atoms with E-state index in [4.69, 9.17) is 17.0 Å². The van der Waals surface area contributed by atoms with Crippen molar-refractivity contribution in [3.63, 3.8) is 0 Å². The number of benzene rings is 1. The van der Waals surface area contributed by atoms with Gasteiger partial charge >= 0.3 is 0 Å². The van der Waals surface area contributed by atoms with Gasteiger partial charge < -0.3 is 15.4 Å². The summed E-state index contributed by atoms with van der Waals surface area (Å²) in [5.74, 6) is 0.908. The molecule has 18 heavy (non-hydrogen) atoms. The molecule has 2 rings (SSSR count). The molecule has 0 bridgehead atoms. The number of ether oxygens (including phenoxy) is 1. The molecule has 2 N–H and O–H groups in total. The van der Waals surface area contributed by atoms with Crippen LogP contribution in [0.2, 0.25) is 0 Å². The minimum atomic E-state index is -0.143. The first-order valence-electron chi connectivity index (χ1n) is 5.98. The molecule has 0 spiro atoms. The summed E-state index contributed by atoms with van der Waals surface area (Å²) in [4.78, 5) is 0. The number of para-hydroxylation sites is 1. The van der Waals surface area contributed by atoms with Crippen LogP contribution in [0.25, 0.3) is 0 Å². The molecular formula is C14H18N2OS. The van der Waals surface area contributed by atoms with Crippen LogP contribution >= 0.6 is 12.2 Å². The zero-order chi connectivity index (χ0) is 13.2. The summed E-state index contributed by atoms with van der Waals surface area (Å²) in [5.41, 5.74) is 1.99. The van der Waals surface area contributed by atoms with E-state index in [1.165, 1.54) is 5.56 Å². The highest BCUT2D eigenvalue weighted by atomic mass is 32.1. The number of anilines is 1. The van der Waals surface area contributed by atoms with Crippen molar-refractivity contribution < 1.29 is 4.74 Å². The molecule has 3 nitrogen and oxygen atoms in total. The van der Waals surface area contributed by atoms with Crippen LogP contribution in [0.4, 0.5) is 5.69 Å². The van der Waals surface area contributed by atoms with Crippen LogP contribution in [0.15, 0.2) is 30.9 Å². The Hall–Kier alpha value is -1.55. The largest absolute Gasteiger partial charge is 0.485 e. The fraction of sp³-hybridized carbons (Fsp3) is 0.357. The minimum absolute atomic E-state index is 0.143. The van der Waals surface area contributed by atoms with Crippen LogP contribution < -0.4 is 15.4 Å². The number of rotatable bonds is 3. The zero-order valence-electron chi connectivity index (χ0n) is 10.7. The van der Waals surface area contributed by atoms with E-state index in [2.05, 4.69) is 37.1 Å². The van der Waals surface area contributed by atoms with Crippen molar-refractivity contribution in [1.29, 1.82) is 0 Å². The Morgan fingerprint density at radius 2 is 2.33 bits per heavy atom. The SMILES string of the molecule is C=CCNC(=S)Nc1cccc2c1OC(C)(C)C2. The second-order valence-electron chi connectivity index (χ2n) is 4.96. The fourth-order valence-corrected chi connectivity index (χ4v) is 2.24. The van der Waals surface area contributed by atoms with E-state index in [0.29, 0.717) is 11.7 Å². The van der Waals surface area contributed by atoms with E-state index in [9.17, 15) is 0 Å². The number of nitrogens with one attached hydrogen (secondary N) is 2. The second kappa shape index (κ2) is 4.98. The Balaban J connectivity index is 2.14. The lowest BCUT2D eigenvalue weighted by Gasteiger charge is -2.18. The van der Waals surface area contributed by atoms with Crippen LogP contribution in [-0.2, 0) is 6.42 Å². The highest BCUT2D eigenvalue weighted by Gasteiger charge is 2.31. The monoisotopic (exact) mass is 262 g/mol.